The molecule has 0 aromatic heterocycles. The number of rotatable bonds is 6. The molecular formula is C13H17NO5. The van der Waals surface area contributed by atoms with Crippen LogP contribution in [0.5, 0.6) is 11.5 Å². The summed E-state index contributed by atoms with van der Waals surface area (Å²) in [6.07, 6.45) is 0.644. The molecule has 6 nitrogen and oxygen atoms in total. The summed E-state index contributed by atoms with van der Waals surface area (Å²) in [5, 5.41) is 29.7. The lowest BCUT2D eigenvalue weighted by atomic mass is 10.0. The van der Waals surface area contributed by atoms with Crippen molar-refractivity contribution in [3.05, 3.63) is 23.8 Å². The maximum atomic E-state index is 11.8. The van der Waals surface area contributed by atoms with E-state index in [1.165, 1.54) is 12.1 Å². The fourth-order valence-electron chi connectivity index (χ4n) is 1.61. The first kappa shape index (κ1) is 14.8. The molecule has 6 heteroatoms. The van der Waals surface area contributed by atoms with Gasteiger partial charge in [0.05, 0.1) is 0 Å². The van der Waals surface area contributed by atoms with Crippen LogP contribution < -0.4 is 5.32 Å². The van der Waals surface area contributed by atoms with Crippen molar-refractivity contribution in [1.82, 2.24) is 5.32 Å². The average Bonchev–Trinajstić information content (AvgIpc) is 2.36. The topological polar surface area (TPSA) is 107 Å². The number of nitrogens with one attached hydrogen (secondary N) is 1. The van der Waals surface area contributed by atoms with Crippen LogP contribution >= 0.6 is 0 Å². The van der Waals surface area contributed by atoms with E-state index in [-0.39, 0.29) is 35.9 Å². The second-order valence-electron chi connectivity index (χ2n) is 4.29. The minimum absolute atomic E-state index is 0.00237. The van der Waals surface area contributed by atoms with Crippen LogP contribution in [-0.2, 0) is 4.79 Å². The summed E-state index contributed by atoms with van der Waals surface area (Å²) in [6, 6.07) is 3.75. The molecule has 1 atom stereocenters. The normalized spacial score (nSPS) is 11.8. The average molecular weight is 267 g/mol. The number of hydrogen-bond acceptors (Lipinski definition) is 4. The predicted molar refractivity (Wildman–Crippen MR) is 68.1 cm³/mol. The first-order valence-corrected chi connectivity index (χ1v) is 5.96. The van der Waals surface area contributed by atoms with Crippen LogP contribution in [-0.4, -0.2) is 33.7 Å². The van der Waals surface area contributed by atoms with E-state index in [2.05, 4.69) is 5.32 Å². The van der Waals surface area contributed by atoms with Gasteiger partial charge >= 0.3 is 5.97 Å². The Morgan fingerprint density at radius 2 is 1.95 bits per heavy atom. The van der Waals surface area contributed by atoms with Crippen LogP contribution in [0.15, 0.2) is 18.2 Å². The van der Waals surface area contributed by atoms with Gasteiger partial charge in [0.1, 0.15) is 0 Å². The van der Waals surface area contributed by atoms with Crippen molar-refractivity contribution in [3.8, 4) is 11.5 Å². The molecule has 104 valence electrons. The molecule has 1 rings (SSSR count). The van der Waals surface area contributed by atoms with E-state index < -0.39 is 11.9 Å². The van der Waals surface area contributed by atoms with E-state index in [0.717, 1.165) is 6.07 Å². The molecule has 0 saturated heterocycles. The Morgan fingerprint density at radius 1 is 1.26 bits per heavy atom. The molecule has 0 saturated carbocycles. The predicted octanol–water partition coefficient (Wildman–Crippen LogP) is 1.33. The number of carbonyl (C=O) groups excluding carboxylic acids is 1. The molecule has 1 amide bonds. The van der Waals surface area contributed by atoms with Crippen molar-refractivity contribution in [2.24, 2.45) is 5.92 Å². The first-order valence-electron chi connectivity index (χ1n) is 5.96. The van der Waals surface area contributed by atoms with E-state index in [4.69, 9.17) is 10.2 Å². The Balaban J connectivity index is 2.59. The maximum Gasteiger partial charge on any atom is 0.303 e. The van der Waals surface area contributed by atoms with Gasteiger partial charge in [0.25, 0.3) is 5.91 Å². The molecule has 4 N–H and O–H groups in total. The lowest BCUT2D eigenvalue weighted by Crippen LogP contribution is -2.30. The third-order valence-electron chi connectivity index (χ3n) is 2.83. The first-order chi connectivity index (χ1) is 8.93. The Hall–Kier alpha value is -2.24. The number of phenolic OH excluding ortho intramolecular Hbond substituents is 2. The van der Waals surface area contributed by atoms with Gasteiger partial charge in [0.15, 0.2) is 11.5 Å². The lowest BCUT2D eigenvalue weighted by Gasteiger charge is -2.13. The number of hydrogen-bond donors (Lipinski definition) is 4. The van der Waals surface area contributed by atoms with Gasteiger partial charge in [-0.2, -0.15) is 0 Å². The summed E-state index contributed by atoms with van der Waals surface area (Å²) >= 11 is 0. The number of carboxylic acids is 1. The van der Waals surface area contributed by atoms with Crippen molar-refractivity contribution in [2.45, 2.75) is 19.8 Å². The second-order valence-corrected chi connectivity index (χ2v) is 4.29. The zero-order chi connectivity index (χ0) is 14.4. The summed E-state index contributed by atoms with van der Waals surface area (Å²) < 4.78 is 0. The summed E-state index contributed by atoms with van der Waals surface area (Å²) in [4.78, 5) is 22.4. The van der Waals surface area contributed by atoms with Gasteiger partial charge in [0.2, 0.25) is 0 Å². The number of aromatic hydroxyl groups is 2. The SMILES string of the molecule is CCC(CNC(=O)c1ccc(O)c(O)c1)CC(=O)O. The monoisotopic (exact) mass is 267 g/mol. The van der Waals surface area contributed by atoms with Crippen LogP contribution in [0.2, 0.25) is 0 Å². The number of amides is 1. The molecule has 0 spiro atoms. The fourth-order valence-corrected chi connectivity index (χ4v) is 1.61. The van der Waals surface area contributed by atoms with E-state index in [1.807, 2.05) is 6.92 Å². The largest absolute Gasteiger partial charge is 0.504 e. The highest BCUT2D eigenvalue weighted by Crippen LogP contribution is 2.24. The van der Waals surface area contributed by atoms with Gasteiger partial charge in [-0.25, -0.2) is 0 Å². The number of aliphatic carboxylic acids is 1. The third-order valence-corrected chi connectivity index (χ3v) is 2.83. The lowest BCUT2D eigenvalue weighted by molar-refractivity contribution is -0.138. The zero-order valence-electron chi connectivity index (χ0n) is 10.6. The molecule has 19 heavy (non-hydrogen) atoms. The summed E-state index contributed by atoms with van der Waals surface area (Å²) in [5.74, 6) is -2.12. The number of carbonyl (C=O) groups is 2. The van der Waals surface area contributed by atoms with Gasteiger partial charge in [-0.05, 0) is 24.1 Å². The number of carboxylic acid groups (broad SMARTS) is 1. The third kappa shape index (κ3) is 4.50. The Morgan fingerprint density at radius 3 is 2.47 bits per heavy atom. The number of phenols is 2. The molecule has 0 aliphatic rings. The van der Waals surface area contributed by atoms with Crippen LogP contribution in [0.1, 0.15) is 30.1 Å². The van der Waals surface area contributed by atoms with Gasteiger partial charge in [-0.15, -0.1) is 0 Å². The summed E-state index contributed by atoms with van der Waals surface area (Å²) in [7, 11) is 0. The van der Waals surface area contributed by atoms with E-state index in [1.54, 1.807) is 0 Å². The van der Waals surface area contributed by atoms with E-state index >= 15 is 0 Å². The number of benzene rings is 1. The highest BCUT2D eigenvalue weighted by molar-refractivity contribution is 5.94. The molecule has 0 bridgehead atoms. The van der Waals surface area contributed by atoms with Crippen LogP contribution in [0.25, 0.3) is 0 Å². The molecule has 1 aromatic carbocycles. The summed E-state index contributed by atoms with van der Waals surface area (Å²) in [5.41, 5.74) is 0.209. The smallest absolute Gasteiger partial charge is 0.303 e. The van der Waals surface area contributed by atoms with Gasteiger partial charge in [-0.3, -0.25) is 9.59 Å². The second kappa shape index (κ2) is 6.63. The molecule has 0 heterocycles. The maximum absolute atomic E-state index is 11.8. The highest BCUT2D eigenvalue weighted by Gasteiger charge is 2.14. The fraction of sp³-hybridized carbons (Fsp3) is 0.385. The van der Waals surface area contributed by atoms with E-state index in [0.29, 0.717) is 6.42 Å². The van der Waals surface area contributed by atoms with Gasteiger partial charge < -0.3 is 20.6 Å². The highest BCUT2D eigenvalue weighted by atomic mass is 16.4. The molecule has 0 aliphatic carbocycles. The van der Waals surface area contributed by atoms with Crippen molar-refractivity contribution in [2.75, 3.05) is 6.54 Å². The van der Waals surface area contributed by atoms with Gasteiger partial charge in [0, 0.05) is 18.5 Å². The van der Waals surface area contributed by atoms with Crippen molar-refractivity contribution < 1.29 is 24.9 Å². The Labute approximate surface area is 110 Å². The van der Waals surface area contributed by atoms with Crippen molar-refractivity contribution >= 4 is 11.9 Å². The van der Waals surface area contributed by atoms with Gasteiger partial charge in [-0.1, -0.05) is 13.3 Å². The Bertz CT molecular complexity index is 472. The summed E-state index contributed by atoms with van der Waals surface area (Å²) in [6.45, 7) is 2.11. The molecule has 1 aromatic rings. The standard InChI is InChI=1S/C13H17NO5/c1-2-8(5-12(17)18)7-14-13(19)9-3-4-10(15)11(16)6-9/h3-4,6,8,15-16H,2,5,7H2,1H3,(H,14,19)(H,17,18). The molecule has 1 unspecified atom stereocenters. The Kier molecular flexibility index (Phi) is 5.17. The molecule has 0 aliphatic heterocycles. The molecular weight excluding hydrogens is 250 g/mol. The van der Waals surface area contributed by atoms with Crippen LogP contribution in [0, 0.1) is 5.92 Å². The van der Waals surface area contributed by atoms with E-state index in [9.17, 15) is 14.7 Å². The zero-order valence-corrected chi connectivity index (χ0v) is 10.6. The minimum Gasteiger partial charge on any atom is -0.504 e. The van der Waals surface area contributed by atoms with Crippen molar-refractivity contribution in [1.29, 1.82) is 0 Å². The van der Waals surface area contributed by atoms with Crippen LogP contribution in [0.4, 0.5) is 0 Å². The molecule has 0 fully saturated rings. The van der Waals surface area contributed by atoms with Crippen LogP contribution in [0.3, 0.4) is 0 Å². The minimum atomic E-state index is -0.900. The quantitative estimate of drug-likeness (QED) is 0.582. The molecule has 0 radical (unpaired) electrons. The van der Waals surface area contributed by atoms with Crippen molar-refractivity contribution in [3.63, 3.8) is 0 Å².